The van der Waals surface area contributed by atoms with Gasteiger partial charge in [0.05, 0.1) is 0 Å². The minimum atomic E-state index is -0.0552. The van der Waals surface area contributed by atoms with Crippen LogP contribution in [0.15, 0.2) is 78.9 Å². The van der Waals surface area contributed by atoms with Crippen molar-refractivity contribution in [3.05, 3.63) is 94.9 Å². The number of hydrogen-bond acceptors (Lipinski definition) is 0. The number of benzene rings is 4. The molecule has 27 heavy (non-hydrogen) atoms. The van der Waals surface area contributed by atoms with E-state index in [4.69, 9.17) is 0 Å². The Balaban J connectivity index is 1.87. The summed E-state index contributed by atoms with van der Waals surface area (Å²) in [5, 5.41) is 8.03. The topological polar surface area (TPSA) is 0 Å². The maximum Gasteiger partial charge on any atom is 0.0361 e. The van der Waals surface area contributed by atoms with Crippen LogP contribution in [0.2, 0.25) is 0 Å². The second-order valence-corrected chi connectivity index (χ2v) is 7.89. The van der Waals surface area contributed by atoms with E-state index in [1.165, 1.54) is 37.5 Å². The summed E-state index contributed by atoms with van der Waals surface area (Å²) in [5.41, 5.74) is 1.37. The minimum absolute atomic E-state index is 0.0552. The Hall–Kier alpha value is -2.86. The lowest BCUT2D eigenvalue weighted by atomic mass is 9.69. The molecule has 0 aliphatic heterocycles. The van der Waals surface area contributed by atoms with E-state index in [-0.39, 0.29) is 5.41 Å². The first-order valence-corrected chi connectivity index (χ1v) is 9.94. The molecule has 4 aromatic carbocycles. The summed E-state index contributed by atoms with van der Waals surface area (Å²) in [6.07, 6.45) is 6.14. The predicted octanol–water partition coefficient (Wildman–Crippen LogP) is 5.55. The van der Waals surface area contributed by atoms with Crippen LogP contribution in [-0.2, 0) is 5.41 Å². The Morgan fingerprint density at radius 2 is 1.30 bits per heavy atom. The van der Waals surface area contributed by atoms with Crippen molar-refractivity contribution in [3.8, 4) is 0 Å². The molecular weight excluding hydrogens is 324 g/mol. The van der Waals surface area contributed by atoms with Crippen LogP contribution in [0.1, 0.15) is 25.8 Å². The average molecular weight is 348 g/mol. The highest BCUT2D eigenvalue weighted by Gasteiger charge is 2.36. The molecule has 1 aliphatic carbocycles. The third-order valence-corrected chi connectivity index (χ3v) is 6.43. The summed E-state index contributed by atoms with van der Waals surface area (Å²) in [6.45, 7) is 4.69. The van der Waals surface area contributed by atoms with Crippen LogP contribution >= 0.6 is 0 Å². The molecule has 0 radical (unpaired) electrons. The van der Waals surface area contributed by atoms with Gasteiger partial charge in [-0.1, -0.05) is 99.2 Å². The van der Waals surface area contributed by atoms with Crippen molar-refractivity contribution in [1.29, 1.82) is 0 Å². The van der Waals surface area contributed by atoms with Crippen molar-refractivity contribution in [1.82, 2.24) is 0 Å². The van der Waals surface area contributed by atoms with Gasteiger partial charge in [0.2, 0.25) is 0 Å². The maximum absolute atomic E-state index is 2.50. The van der Waals surface area contributed by atoms with E-state index in [0.717, 1.165) is 6.42 Å². The standard InChI is InChI=1S/C27H24/c1-3-19(2)27(17-23-11-6-7-12-24(23)18-27)26-14-8-13-22-15-20-9-4-5-10-21(20)16-25(22)26/h4-19H,3H2,1-2H3. The summed E-state index contributed by atoms with van der Waals surface area (Å²) in [4.78, 5) is 0. The Bertz CT molecular complexity index is 1240. The molecule has 0 heteroatoms. The largest absolute Gasteiger partial charge is 0.0651 e. The lowest BCUT2D eigenvalue weighted by Crippen LogP contribution is -2.28. The Morgan fingerprint density at radius 1 is 0.704 bits per heavy atom. The van der Waals surface area contributed by atoms with Crippen molar-refractivity contribution in [3.63, 3.8) is 0 Å². The van der Waals surface area contributed by atoms with Crippen molar-refractivity contribution >= 4 is 33.7 Å². The SMILES string of the molecule is CCC(C)C1(c2cccc3cc4ccccc4cc23)C=c2ccccc2=C1. The molecule has 132 valence electrons. The van der Waals surface area contributed by atoms with Crippen LogP contribution in [-0.4, -0.2) is 0 Å². The monoisotopic (exact) mass is 348 g/mol. The Kier molecular flexibility index (Phi) is 3.68. The zero-order valence-electron chi connectivity index (χ0n) is 15.9. The van der Waals surface area contributed by atoms with Crippen LogP contribution in [0.4, 0.5) is 0 Å². The number of fused-ring (bicyclic) bond motifs is 3. The normalized spacial score (nSPS) is 15.9. The third-order valence-electron chi connectivity index (χ3n) is 6.43. The van der Waals surface area contributed by atoms with E-state index < -0.39 is 0 Å². The van der Waals surface area contributed by atoms with Gasteiger partial charge in [-0.15, -0.1) is 0 Å². The van der Waals surface area contributed by atoms with Crippen molar-refractivity contribution < 1.29 is 0 Å². The van der Waals surface area contributed by atoms with E-state index in [9.17, 15) is 0 Å². The molecule has 1 unspecified atom stereocenters. The molecule has 0 saturated carbocycles. The van der Waals surface area contributed by atoms with Gasteiger partial charge >= 0.3 is 0 Å². The van der Waals surface area contributed by atoms with Gasteiger partial charge in [0, 0.05) is 5.41 Å². The van der Waals surface area contributed by atoms with E-state index in [1.807, 2.05) is 0 Å². The highest BCUT2D eigenvalue weighted by molar-refractivity contribution is 6.01. The van der Waals surface area contributed by atoms with Gasteiger partial charge in [0.25, 0.3) is 0 Å². The van der Waals surface area contributed by atoms with Gasteiger partial charge in [0.1, 0.15) is 0 Å². The van der Waals surface area contributed by atoms with Crippen LogP contribution in [0, 0.1) is 5.92 Å². The summed E-state index contributed by atoms with van der Waals surface area (Å²) < 4.78 is 0. The van der Waals surface area contributed by atoms with Gasteiger partial charge in [0.15, 0.2) is 0 Å². The average Bonchev–Trinajstić information content (AvgIpc) is 3.11. The van der Waals surface area contributed by atoms with Gasteiger partial charge in [-0.05, 0) is 55.6 Å². The quantitative estimate of drug-likeness (QED) is 0.426. The molecule has 1 atom stereocenters. The van der Waals surface area contributed by atoms with Gasteiger partial charge in [-0.3, -0.25) is 0 Å². The second kappa shape index (κ2) is 6.09. The molecule has 4 aromatic rings. The maximum atomic E-state index is 2.50. The first-order chi connectivity index (χ1) is 13.2. The van der Waals surface area contributed by atoms with Crippen LogP contribution in [0.5, 0.6) is 0 Å². The summed E-state index contributed by atoms with van der Waals surface area (Å²) in [7, 11) is 0. The van der Waals surface area contributed by atoms with E-state index >= 15 is 0 Å². The van der Waals surface area contributed by atoms with Crippen molar-refractivity contribution in [2.24, 2.45) is 5.92 Å². The smallest absolute Gasteiger partial charge is 0.0361 e. The Morgan fingerprint density at radius 3 is 1.96 bits per heavy atom. The molecule has 0 fully saturated rings. The highest BCUT2D eigenvalue weighted by Crippen LogP contribution is 2.43. The fraction of sp³-hybridized carbons (Fsp3) is 0.185. The van der Waals surface area contributed by atoms with Gasteiger partial charge in [-0.2, -0.15) is 0 Å². The van der Waals surface area contributed by atoms with Crippen molar-refractivity contribution in [2.75, 3.05) is 0 Å². The zero-order valence-corrected chi connectivity index (χ0v) is 15.9. The Labute approximate surface area is 160 Å². The molecule has 5 rings (SSSR count). The molecule has 0 N–H and O–H groups in total. The van der Waals surface area contributed by atoms with E-state index in [1.54, 1.807) is 0 Å². The molecule has 0 bridgehead atoms. The minimum Gasteiger partial charge on any atom is -0.0651 e. The van der Waals surface area contributed by atoms with E-state index in [0.29, 0.717) is 5.92 Å². The van der Waals surface area contributed by atoms with Crippen LogP contribution in [0.25, 0.3) is 33.7 Å². The molecule has 0 saturated heterocycles. The summed E-state index contributed by atoms with van der Waals surface area (Å²) in [6, 6.07) is 29.0. The molecule has 0 nitrogen and oxygen atoms in total. The molecule has 0 amide bonds. The fourth-order valence-corrected chi connectivity index (χ4v) is 4.72. The number of hydrogen-bond donors (Lipinski definition) is 0. The molecule has 0 aromatic heterocycles. The summed E-state index contributed by atoms with van der Waals surface area (Å²) in [5.74, 6) is 0.530. The highest BCUT2D eigenvalue weighted by atomic mass is 14.4. The first kappa shape index (κ1) is 16.3. The predicted molar refractivity (Wildman–Crippen MR) is 117 cm³/mol. The van der Waals surface area contributed by atoms with Crippen molar-refractivity contribution in [2.45, 2.75) is 25.7 Å². The molecular formula is C27H24. The fourth-order valence-electron chi connectivity index (χ4n) is 4.72. The molecule has 1 aliphatic rings. The van der Waals surface area contributed by atoms with Gasteiger partial charge < -0.3 is 0 Å². The zero-order chi connectivity index (χ0) is 18.4. The van der Waals surface area contributed by atoms with Crippen LogP contribution in [0.3, 0.4) is 0 Å². The third kappa shape index (κ3) is 2.44. The summed E-state index contributed by atoms with van der Waals surface area (Å²) >= 11 is 0. The lowest BCUT2D eigenvalue weighted by molar-refractivity contribution is 0.461. The lowest BCUT2D eigenvalue weighted by Gasteiger charge is -2.34. The van der Waals surface area contributed by atoms with Gasteiger partial charge in [-0.25, -0.2) is 0 Å². The molecule has 0 heterocycles. The second-order valence-electron chi connectivity index (χ2n) is 7.89. The molecule has 0 spiro atoms. The van der Waals surface area contributed by atoms with E-state index in [2.05, 4.69) is 105 Å². The van der Waals surface area contributed by atoms with Crippen LogP contribution < -0.4 is 10.4 Å². The number of rotatable bonds is 3. The first-order valence-electron chi connectivity index (χ1n) is 9.94.